The Hall–Kier alpha value is -1.31. The molecule has 1 aliphatic rings. The van der Waals surface area contributed by atoms with Crippen LogP contribution in [0.15, 0.2) is 24.3 Å². The van der Waals surface area contributed by atoms with E-state index in [1.54, 1.807) is 0 Å². The number of benzene rings is 1. The fraction of sp³-hybridized carbons (Fsp3) is 0.500. The molecular formula is C14H19NO. The zero-order chi connectivity index (χ0) is 11.4. The van der Waals surface area contributed by atoms with Crippen LogP contribution in [0.3, 0.4) is 0 Å². The second kappa shape index (κ2) is 4.69. The quantitative estimate of drug-likeness (QED) is 0.596. The third-order valence-corrected chi connectivity index (χ3v) is 3.81. The van der Waals surface area contributed by atoms with Gasteiger partial charge in [-0.15, -0.1) is 0 Å². The number of carbonyl (C=O) groups is 1. The summed E-state index contributed by atoms with van der Waals surface area (Å²) in [6.45, 7) is 2.91. The molecule has 0 atom stereocenters. The van der Waals surface area contributed by atoms with Crippen molar-refractivity contribution in [1.82, 2.24) is 5.32 Å². The molecule has 0 radical (unpaired) electrons. The SMILES string of the molecule is Cc1ccc(C2(CCNC=O)CCC2)cc1. The van der Waals surface area contributed by atoms with Gasteiger partial charge in [0.2, 0.25) is 6.41 Å². The van der Waals surface area contributed by atoms with E-state index < -0.39 is 0 Å². The van der Waals surface area contributed by atoms with Crippen molar-refractivity contribution < 1.29 is 4.79 Å². The molecule has 2 nitrogen and oxygen atoms in total. The Bertz CT molecular complexity index is 352. The normalized spacial score (nSPS) is 17.6. The summed E-state index contributed by atoms with van der Waals surface area (Å²) < 4.78 is 0. The Labute approximate surface area is 97.1 Å². The van der Waals surface area contributed by atoms with E-state index in [0.717, 1.165) is 19.4 Å². The lowest BCUT2D eigenvalue weighted by atomic mass is 9.62. The van der Waals surface area contributed by atoms with Crippen LogP contribution in [0.2, 0.25) is 0 Å². The standard InChI is InChI=1S/C14H19NO/c1-12-3-5-13(6-4-12)14(7-2-8-14)9-10-15-11-16/h3-6,11H,2,7-10H2,1H3,(H,15,16). The molecule has 0 saturated heterocycles. The number of carbonyl (C=O) groups excluding carboxylic acids is 1. The molecular weight excluding hydrogens is 198 g/mol. The monoisotopic (exact) mass is 217 g/mol. The number of hydrogen-bond donors (Lipinski definition) is 1. The maximum atomic E-state index is 10.3. The van der Waals surface area contributed by atoms with Crippen LogP contribution in [0.25, 0.3) is 0 Å². The first-order chi connectivity index (χ1) is 7.77. The summed E-state index contributed by atoms with van der Waals surface area (Å²) in [5.74, 6) is 0. The van der Waals surface area contributed by atoms with E-state index in [2.05, 4.69) is 36.5 Å². The minimum atomic E-state index is 0.337. The van der Waals surface area contributed by atoms with Crippen molar-refractivity contribution in [2.45, 2.75) is 38.0 Å². The summed E-state index contributed by atoms with van der Waals surface area (Å²) in [6.07, 6.45) is 5.69. The molecule has 1 amide bonds. The average molecular weight is 217 g/mol. The lowest BCUT2D eigenvalue weighted by Crippen LogP contribution is -2.37. The molecule has 1 aromatic carbocycles. The summed E-state index contributed by atoms with van der Waals surface area (Å²) >= 11 is 0. The van der Waals surface area contributed by atoms with E-state index in [4.69, 9.17) is 0 Å². The first-order valence-corrected chi connectivity index (χ1v) is 6.01. The molecule has 0 aromatic heterocycles. The van der Waals surface area contributed by atoms with Crippen LogP contribution < -0.4 is 5.32 Å². The van der Waals surface area contributed by atoms with Crippen LogP contribution in [-0.2, 0) is 10.2 Å². The Morgan fingerprint density at radius 2 is 2.00 bits per heavy atom. The van der Waals surface area contributed by atoms with Crippen molar-refractivity contribution in [3.8, 4) is 0 Å². The van der Waals surface area contributed by atoms with Gasteiger partial charge in [-0.1, -0.05) is 36.2 Å². The van der Waals surface area contributed by atoms with Gasteiger partial charge in [-0.05, 0) is 37.2 Å². The average Bonchev–Trinajstić information content (AvgIpc) is 2.24. The Morgan fingerprint density at radius 1 is 1.31 bits per heavy atom. The van der Waals surface area contributed by atoms with Gasteiger partial charge in [-0.3, -0.25) is 4.79 Å². The number of nitrogens with one attached hydrogen (secondary N) is 1. The lowest BCUT2D eigenvalue weighted by molar-refractivity contribution is -0.109. The molecule has 0 unspecified atom stereocenters. The minimum Gasteiger partial charge on any atom is -0.359 e. The van der Waals surface area contributed by atoms with E-state index in [1.807, 2.05) is 0 Å². The van der Waals surface area contributed by atoms with Crippen LogP contribution in [-0.4, -0.2) is 13.0 Å². The predicted molar refractivity (Wildman–Crippen MR) is 65.4 cm³/mol. The Morgan fingerprint density at radius 3 is 2.50 bits per heavy atom. The van der Waals surface area contributed by atoms with Gasteiger partial charge in [0.05, 0.1) is 0 Å². The van der Waals surface area contributed by atoms with Crippen LogP contribution in [0, 0.1) is 6.92 Å². The summed E-state index contributed by atoms with van der Waals surface area (Å²) in [6, 6.07) is 8.86. The van der Waals surface area contributed by atoms with E-state index in [9.17, 15) is 4.79 Å². The summed E-state index contributed by atoms with van der Waals surface area (Å²) in [7, 11) is 0. The van der Waals surface area contributed by atoms with Crippen LogP contribution in [0.4, 0.5) is 0 Å². The number of aryl methyl sites for hydroxylation is 1. The minimum absolute atomic E-state index is 0.337. The molecule has 1 N–H and O–H groups in total. The van der Waals surface area contributed by atoms with E-state index in [-0.39, 0.29) is 0 Å². The molecule has 86 valence electrons. The highest BCUT2D eigenvalue weighted by molar-refractivity contribution is 5.45. The fourth-order valence-electron chi connectivity index (χ4n) is 2.56. The highest BCUT2D eigenvalue weighted by Gasteiger charge is 2.37. The molecule has 2 rings (SSSR count). The largest absolute Gasteiger partial charge is 0.359 e. The summed E-state index contributed by atoms with van der Waals surface area (Å²) in [4.78, 5) is 10.3. The molecule has 16 heavy (non-hydrogen) atoms. The summed E-state index contributed by atoms with van der Waals surface area (Å²) in [5.41, 5.74) is 3.09. The van der Waals surface area contributed by atoms with Crippen molar-refractivity contribution in [3.63, 3.8) is 0 Å². The zero-order valence-electron chi connectivity index (χ0n) is 9.83. The van der Waals surface area contributed by atoms with Gasteiger partial charge in [-0.25, -0.2) is 0 Å². The molecule has 0 spiro atoms. The van der Waals surface area contributed by atoms with E-state index in [1.165, 1.54) is 30.4 Å². The number of hydrogen-bond acceptors (Lipinski definition) is 1. The van der Waals surface area contributed by atoms with Gasteiger partial charge in [0, 0.05) is 6.54 Å². The lowest BCUT2D eigenvalue weighted by Gasteiger charge is -2.42. The molecule has 1 aromatic rings. The Kier molecular flexibility index (Phi) is 3.28. The van der Waals surface area contributed by atoms with Gasteiger partial charge >= 0.3 is 0 Å². The van der Waals surface area contributed by atoms with Crippen molar-refractivity contribution in [2.75, 3.05) is 6.54 Å². The molecule has 2 heteroatoms. The topological polar surface area (TPSA) is 29.1 Å². The van der Waals surface area contributed by atoms with Gasteiger partial charge in [0.25, 0.3) is 0 Å². The van der Waals surface area contributed by atoms with Gasteiger partial charge in [0.15, 0.2) is 0 Å². The van der Waals surface area contributed by atoms with E-state index >= 15 is 0 Å². The molecule has 1 aliphatic carbocycles. The maximum absolute atomic E-state index is 10.3. The van der Waals surface area contributed by atoms with Crippen LogP contribution >= 0.6 is 0 Å². The zero-order valence-corrected chi connectivity index (χ0v) is 9.83. The van der Waals surface area contributed by atoms with E-state index in [0.29, 0.717) is 5.41 Å². The molecule has 0 aliphatic heterocycles. The molecule has 0 bridgehead atoms. The number of rotatable bonds is 5. The highest BCUT2D eigenvalue weighted by atomic mass is 16.1. The van der Waals surface area contributed by atoms with Gasteiger partial charge in [-0.2, -0.15) is 0 Å². The predicted octanol–water partition coefficient (Wildman–Crippen LogP) is 2.55. The third kappa shape index (κ3) is 2.11. The van der Waals surface area contributed by atoms with Crippen LogP contribution in [0.5, 0.6) is 0 Å². The fourth-order valence-corrected chi connectivity index (χ4v) is 2.56. The second-order valence-electron chi connectivity index (χ2n) is 4.82. The maximum Gasteiger partial charge on any atom is 0.207 e. The smallest absolute Gasteiger partial charge is 0.207 e. The van der Waals surface area contributed by atoms with Crippen molar-refractivity contribution in [1.29, 1.82) is 0 Å². The van der Waals surface area contributed by atoms with Crippen molar-refractivity contribution >= 4 is 6.41 Å². The molecule has 0 heterocycles. The van der Waals surface area contributed by atoms with Crippen molar-refractivity contribution in [3.05, 3.63) is 35.4 Å². The Balaban J connectivity index is 2.08. The van der Waals surface area contributed by atoms with Crippen molar-refractivity contribution in [2.24, 2.45) is 0 Å². The first kappa shape index (κ1) is 11.2. The third-order valence-electron chi connectivity index (χ3n) is 3.81. The second-order valence-corrected chi connectivity index (χ2v) is 4.82. The summed E-state index contributed by atoms with van der Waals surface area (Å²) in [5, 5.41) is 2.77. The number of amides is 1. The van der Waals surface area contributed by atoms with Gasteiger partial charge < -0.3 is 5.32 Å². The van der Waals surface area contributed by atoms with Crippen LogP contribution in [0.1, 0.15) is 36.8 Å². The van der Waals surface area contributed by atoms with Gasteiger partial charge in [0.1, 0.15) is 0 Å². The first-order valence-electron chi connectivity index (χ1n) is 6.01. The molecule has 1 fully saturated rings. The highest BCUT2D eigenvalue weighted by Crippen LogP contribution is 2.46. The molecule has 1 saturated carbocycles.